The first-order valence-electron chi connectivity index (χ1n) is 9.95. The Bertz CT molecular complexity index is 1510. The van der Waals surface area contributed by atoms with Crippen molar-refractivity contribution in [1.29, 1.82) is 0 Å². The molecule has 2 aromatic heterocycles. The van der Waals surface area contributed by atoms with E-state index in [-0.39, 0.29) is 11.5 Å². The normalized spacial score (nSPS) is 11.2. The van der Waals surface area contributed by atoms with E-state index in [0.29, 0.717) is 11.3 Å². The zero-order valence-corrected chi connectivity index (χ0v) is 17.2. The van der Waals surface area contributed by atoms with Gasteiger partial charge in [-0.2, -0.15) is 0 Å². The fraction of sp³-hybridized carbons (Fsp3) is 0.0800. The van der Waals surface area contributed by atoms with Crippen molar-refractivity contribution in [1.82, 2.24) is 14.1 Å². The first-order chi connectivity index (χ1) is 15.0. The third-order valence-electron chi connectivity index (χ3n) is 5.59. The van der Waals surface area contributed by atoms with Crippen molar-refractivity contribution in [3.05, 3.63) is 94.8 Å². The monoisotopic (exact) mass is 408 g/mol. The molecule has 1 amide bonds. The lowest BCUT2D eigenvalue weighted by molar-refractivity contribution is 0.102. The number of benzene rings is 3. The van der Waals surface area contributed by atoms with E-state index in [4.69, 9.17) is 4.98 Å². The molecular formula is C25H20N4O2. The van der Waals surface area contributed by atoms with Crippen LogP contribution in [0.4, 0.5) is 5.69 Å². The van der Waals surface area contributed by atoms with Gasteiger partial charge in [-0.05, 0) is 42.5 Å². The number of fused-ring (bicyclic) bond motifs is 2. The number of carbonyl (C=O) groups is 1. The molecule has 0 spiro atoms. The van der Waals surface area contributed by atoms with Crippen molar-refractivity contribution in [2.24, 2.45) is 14.1 Å². The van der Waals surface area contributed by atoms with Gasteiger partial charge in [0.15, 0.2) is 0 Å². The van der Waals surface area contributed by atoms with E-state index in [2.05, 4.69) is 9.88 Å². The largest absolute Gasteiger partial charge is 0.327 e. The van der Waals surface area contributed by atoms with Gasteiger partial charge in [-0.25, -0.2) is 4.98 Å². The van der Waals surface area contributed by atoms with Crippen LogP contribution in [-0.4, -0.2) is 20.0 Å². The minimum absolute atomic E-state index is 0.221. The smallest absolute Gasteiger partial charge is 0.256 e. The molecule has 5 rings (SSSR count). The SMILES string of the molecule is Cn1c(-c2ccc(NC(=O)c3cc(=O)n(C)c4ccccc34)cc2)nc2ccccc21. The first kappa shape index (κ1) is 18.8. The molecule has 0 atom stereocenters. The summed E-state index contributed by atoms with van der Waals surface area (Å²) in [6.45, 7) is 0. The third-order valence-corrected chi connectivity index (χ3v) is 5.59. The van der Waals surface area contributed by atoms with Gasteiger partial charge < -0.3 is 14.5 Å². The van der Waals surface area contributed by atoms with Crippen LogP contribution in [0.3, 0.4) is 0 Å². The molecule has 0 saturated heterocycles. The number of nitrogens with zero attached hydrogens (tertiary/aromatic N) is 3. The third kappa shape index (κ3) is 3.18. The summed E-state index contributed by atoms with van der Waals surface area (Å²) in [5.74, 6) is 0.543. The van der Waals surface area contributed by atoms with Crippen molar-refractivity contribution >= 4 is 33.5 Å². The Kier molecular flexibility index (Phi) is 4.40. The van der Waals surface area contributed by atoms with E-state index in [0.717, 1.165) is 33.3 Å². The van der Waals surface area contributed by atoms with Gasteiger partial charge in [-0.3, -0.25) is 9.59 Å². The highest BCUT2D eigenvalue weighted by atomic mass is 16.2. The number of rotatable bonds is 3. The summed E-state index contributed by atoms with van der Waals surface area (Å²) in [4.78, 5) is 29.9. The van der Waals surface area contributed by atoms with Crippen LogP contribution < -0.4 is 10.9 Å². The summed E-state index contributed by atoms with van der Waals surface area (Å²) in [6.07, 6.45) is 0. The predicted molar refractivity (Wildman–Crippen MR) is 123 cm³/mol. The second-order valence-electron chi connectivity index (χ2n) is 7.49. The van der Waals surface area contributed by atoms with Gasteiger partial charge in [0.25, 0.3) is 11.5 Å². The van der Waals surface area contributed by atoms with Gasteiger partial charge in [0, 0.05) is 36.8 Å². The number of hydrogen-bond donors (Lipinski definition) is 1. The molecule has 0 saturated carbocycles. The predicted octanol–water partition coefficient (Wildman–Crippen LogP) is 4.34. The quantitative estimate of drug-likeness (QED) is 0.483. The summed E-state index contributed by atoms with van der Waals surface area (Å²) >= 11 is 0. The maximum absolute atomic E-state index is 12.9. The molecule has 152 valence electrons. The lowest BCUT2D eigenvalue weighted by Gasteiger charge is -2.11. The highest BCUT2D eigenvalue weighted by molar-refractivity contribution is 6.12. The van der Waals surface area contributed by atoms with Crippen molar-refractivity contribution in [3.63, 3.8) is 0 Å². The minimum Gasteiger partial charge on any atom is -0.327 e. The number of para-hydroxylation sites is 3. The highest BCUT2D eigenvalue weighted by Gasteiger charge is 2.14. The Labute approximate surface area is 178 Å². The van der Waals surface area contributed by atoms with Crippen molar-refractivity contribution in [2.45, 2.75) is 0 Å². The van der Waals surface area contributed by atoms with Crippen LogP contribution in [0.1, 0.15) is 10.4 Å². The van der Waals surface area contributed by atoms with Gasteiger partial charge in [0.2, 0.25) is 0 Å². The zero-order chi connectivity index (χ0) is 21.5. The molecule has 0 aliphatic heterocycles. The number of aromatic nitrogens is 3. The van der Waals surface area contributed by atoms with Gasteiger partial charge in [0.05, 0.1) is 22.1 Å². The van der Waals surface area contributed by atoms with Crippen LogP contribution in [0.2, 0.25) is 0 Å². The van der Waals surface area contributed by atoms with E-state index in [1.165, 1.54) is 10.6 Å². The molecule has 31 heavy (non-hydrogen) atoms. The summed E-state index contributed by atoms with van der Waals surface area (Å²) in [6, 6.07) is 24.3. The fourth-order valence-electron chi connectivity index (χ4n) is 3.90. The van der Waals surface area contributed by atoms with Gasteiger partial charge in [0.1, 0.15) is 5.82 Å². The number of carbonyl (C=O) groups excluding carboxylic acids is 1. The molecule has 0 unspecified atom stereocenters. The molecular weight excluding hydrogens is 388 g/mol. The van der Waals surface area contributed by atoms with E-state index in [1.807, 2.05) is 79.8 Å². The number of imidazole rings is 1. The summed E-state index contributed by atoms with van der Waals surface area (Å²) in [5.41, 5.74) is 4.46. The van der Waals surface area contributed by atoms with Crippen LogP contribution in [0.25, 0.3) is 33.3 Å². The van der Waals surface area contributed by atoms with E-state index < -0.39 is 0 Å². The number of hydrogen-bond acceptors (Lipinski definition) is 3. The molecule has 5 aromatic rings. The van der Waals surface area contributed by atoms with E-state index >= 15 is 0 Å². The second-order valence-corrected chi connectivity index (χ2v) is 7.49. The van der Waals surface area contributed by atoms with Crippen molar-refractivity contribution in [2.75, 3.05) is 5.32 Å². The number of pyridine rings is 1. The zero-order valence-electron chi connectivity index (χ0n) is 17.2. The van der Waals surface area contributed by atoms with E-state index in [1.54, 1.807) is 7.05 Å². The first-order valence-corrected chi connectivity index (χ1v) is 9.95. The minimum atomic E-state index is -0.315. The topological polar surface area (TPSA) is 68.9 Å². The van der Waals surface area contributed by atoms with Crippen LogP contribution in [0.5, 0.6) is 0 Å². The molecule has 3 aromatic carbocycles. The Morgan fingerprint density at radius 1 is 0.839 bits per heavy atom. The van der Waals surface area contributed by atoms with Crippen LogP contribution >= 0.6 is 0 Å². The fourth-order valence-corrected chi connectivity index (χ4v) is 3.90. The van der Waals surface area contributed by atoms with E-state index in [9.17, 15) is 9.59 Å². The summed E-state index contributed by atoms with van der Waals surface area (Å²) in [5, 5.41) is 3.64. The van der Waals surface area contributed by atoms with Crippen LogP contribution in [0, 0.1) is 0 Å². The Morgan fingerprint density at radius 2 is 1.52 bits per heavy atom. The second kappa shape index (κ2) is 7.25. The number of nitrogens with one attached hydrogen (secondary N) is 1. The number of aryl methyl sites for hydroxylation is 2. The summed E-state index contributed by atoms with van der Waals surface area (Å²) in [7, 11) is 3.69. The number of amides is 1. The molecule has 2 heterocycles. The van der Waals surface area contributed by atoms with Crippen LogP contribution in [0.15, 0.2) is 83.7 Å². The highest BCUT2D eigenvalue weighted by Crippen LogP contribution is 2.25. The van der Waals surface area contributed by atoms with Gasteiger partial charge >= 0.3 is 0 Å². The Morgan fingerprint density at radius 3 is 2.26 bits per heavy atom. The Hall–Kier alpha value is -4.19. The lowest BCUT2D eigenvalue weighted by Crippen LogP contribution is -2.21. The Balaban J connectivity index is 1.46. The molecule has 0 aliphatic rings. The summed E-state index contributed by atoms with van der Waals surface area (Å²) < 4.78 is 3.59. The van der Waals surface area contributed by atoms with Crippen LogP contribution in [-0.2, 0) is 14.1 Å². The van der Waals surface area contributed by atoms with Crippen molar-refractivity contribution in [3.8, 4) is 11.4 Å². The maximum Gasteiger partial charge on any atom is 0.256 e. The molecule has 6 nitrogen and oxygen atoms in total. The average Bonchev–Trinajstić information content (AvgIpc) is 3.13. The molecule has 0 radical (unpaired) electrons. The van der Waals surface area contributed by atoms with Crippen molar-refractivity contribution < 1.29 is 4.79 Å². The molecule has 0 aliphatic carbocycles. The van der Waals surface area contributed by atoms with Gasteiger partial charge in [-0.15, -0.1) is 0 Å². The lowest BCUT2D eigenvalue weighted by atomic mass is 10.1. The maximum atomic E-state index is 12.9. The van der Waals surface area contributed by atoms with Gasteiger partial charge in [-0.1, -0.05) is 30.3 Å². The molecule has 1 N–H and O–H groups in total. The molecule has 0 bridgehead atoms. The number of anilines is 1. The molecule has 6 heteroatoms. The average molecular weight is 408 g/mol. The molecule has 0 fully saturated rings. The standard InChI is InChI=1S/C25H20N4O2/c1-28-21-9-5-3-7-18(21)19(15-23(28)30)25(31)26-17-13-11-16(12-14-17)24-27-20-8-4-6-10-22(20)29(24)2/h3-15H,1-2H3,(H,26,31).